The molecule has 1 N–H and O–H groups in total. The molecule has 132 valence electrons. The molecule has 3 rings (SSSR count). The first-order valence-corrected chi connectivity index (χ1v) is 10.0. The van der Waals surface area contributed by atoms with E-state index in [1.165, 1.54) is 0 Å². The predicted octanol–water partition coefficient (Wildman–Crippen LogP) is 3.60. The number of hydrogen-bond acceptors (Lipinski definition) is 5. The number of ether oxygens (including phenoxy) is 1. The van der Waals surface area contributed by atoms with Gasteiger partial charge in [-0.15, -0.1) is 0 Å². The van der Waals surface area contributed by atoms with Crippen LogP contribution in [0.15, 0.2) is 41.4 Å². The van der Waals surface area contributed by atoms with Gasteiger partial charge < -0.3 is 9.72 Å². The summed E-state index contributed by atoms with van der Waals surface area (Å²) >= 11 is 0. The minimum absolute atomic E-state index is 0.142. The largest absolute Gasteiger partial charge is 0.493 e. The number of hydrogen-bond donors (Lipinski definition) is 1. The molecule has 0 aliphatic carbocycles. The first-order chi connectivity index (χ1) is 12.0. The Bertz CT molecular complexity index is 947. The lowest BCUT2D eigenvalue weighted by Crippen LogP contribution is -2.07. The number of H-pyrrole nitrogens is 1. The maximum Gasteiger partial charge on any atom is 0.178 e. The number of unbranched alkanes of at least 4 members (excludes halogenated alkanes) is 1. The molecule has 0 aliphatic rings. The van der Waals surface area contributed by atoms with Crippen molar-refractivity contribution in [3.8, 4) is 17.1 Å². The maximum atomic E-state index is 12.4. The van der Waals surface area contributed by atoms with Gasteiger partial charge in [-0.3, -0.25) is 0 Å². The van der Waals surface area contributed by atoms with E-state index in [4.69, 9.17) is 4.74 Å². The van der Waals surface area contributed by atoms with Crippen LogP contribution in [-0.4, -0.2) is 35.7 Å². The van der Waals surface area contributed by atoms with Gasteiger partial charge in [0.25, 0.3) is 0 Å². The highest BCUT2D eigenvalue weighted by Gasteiger charge is 2.18. The van der Waals surface area contributed by atoms with E-state index in [0.717, 1.165) is 11.9 Å². The summed E-state index contributed by atoms with van der Waals surface area (Å²) in [6, 6.07) is 8.66. The Morgan fingerprint density at radius 1 is 1.20 bits per heavy atom. The van der Waals surface area contributed by atoms with Crippen LogP contribution >= 0.6 is 0 Å². The monoisotopic (exact) mass is 359 g/mol. The SMILES string of the molecule is CCCCS(=O)(=O)c1ccc(-c2nc3ncccc3[nH]2)c(OCC)c1. The molecule has 0 unspecified atom stereocenters. The van der Waals surface area contributed by atoms with E-state index < -0.39 is 9.84 Å². The number of fused-ring (bicyclic) bond motifs is 1. The average Bonchev–Trinajstić information content (AvgIpc) is 3.04. The van der Waals surface area contributed by atoms with E-state index in [9.17, 15) is 8.42 Å². The van der Waals surface area contributed by atoms with E-state index >= 15 is 0 Å². The second kappa shape index (κ2) is 7.23. The highest BCUT2D eigenvalue weighted by Crippen LogP contribution is 2.32. The van der Waals surface area contributed by atoms with E-state index in [1.54, 1.807) is 24.4 Å². The molecular formula is C18H21N3O3S. The molecule has 0 amide bonds. The van der Waals surface area contributed by atoms with E-state index in [-0.39, 0.29) is 10.6 Å². The van der Waals surface area contributed by atoms with Crippen LogP contribution in [0, 0.1) is 0 Å². The summed E-state index contributed by atoms with van der Waals surface area (Å²) in [5.41, 5.74) is 2.15. The first kappa shape index (κ1) is 17.4. The van der Waals surface area contributed by atoms with Crippen LogP contribution in [-0.2, 0) is 9.84 Å². The fraction of sp³-hybridized carbons (Fsp3) is 0.333. The highest BCUT2D eigenvalue weighted by molar-refractivity contribution is 7.91. The van der Waals surface area contributed by atoms with Crippen molar-refractivity contribution in [3.63, 3.8) is 0 Å². The molecule has 0 atom stereocenters. The number of imidazole rings is 1. The topological polar surface area (TPSA) is 84.9 Å². The van der Waals surface area contributed by atoms with E-state index in [1.807, 2.05) is 26.0 Å². The molecule has 0 fully saturated rings. The first-order valence-electron chi connectivity index (χ1n) is 8.36. The normalized spacial score (nSPS) is 11.8. The number of sulfone groups is 1. The second-order valence-electron chi connectivity index (χ2n) is 5.72. The lowest BCUT2D eigenvalue weighted by Gasteiger charge is -2.11. The summed E-state index contributed by atoms with van der Waals surface area (Å²) in [6.07, 6.45) is 3.16. The summed E-state index contributed by atoms with van der Waals surface area (Å²) in [4.78, 5) is 12.2. The molecule has 0 spiro atoms. The predicted molar refractivity (Wildman–Crippen MR) is 97.5 cm³/mol. The van der Waals surface area contributed by atoms with Crippen molar-refractivity contribution < 1.29 is 13.2 Å². The number of aromatic nitrogens is 3. The third kappa shape index (κ3) is 3.66. The maximum absolute atomic E-state index is 12.4. The summed E-state index contributed by atoms with van der Waals surface area (Å²) < 4.78 is 30.6. The van der Waals surface area contributed by atoms with Crippen molar-refractivity contribution >= 4 is 21.0 Å². The fourth-order valence-corrected chi connectivity index (χ4v) is 4.06. The zero-order valence-electron chi connectivity index (χ0n) is 14.3. The minimum Gasteiger partial charge on any atom is -0.493 e. The summed E-state index contributed by atoms with van der Waals surface area (Å²) in [7, 11) is -3.31. The van der Waals surface area contributed by atoms with Crippen LogP contribution in [0.3, 0.4) is 0 Å². The number of benzene rings is 1. The molecule has 25 heavy (non-hydrogen) atoms. The molecule has 0 saturated heterocycles. The Morgan fingerprint density at radius 2 is 2.04 bits per heavy atom. The Labute approximate surface area is 147 Å². The Hall–Kier alpha value is -2.41. The third-order valence-electron chi connectivity index (χ3n) is 3.89. The minimum atomic E-state index is -3.31. The van der Waals surface area contributed by atoms with Gasteiger partial charge in [0.1, 0.15) is 11.6 Å². The summed E-state index contributed by atoms with van der Waals surface area (Å²) in [5.74, 6) is 1.25. The van der Waals surface area contributed by atoms with Gasteiger partial charge >= 0.3 is 0 Å². The molecule has 0 bridgehead atoms. The van der Waals surface area contributed by atoms with E-state index in [0.29, 0.717) is 35.8 Å². The van der Waals surface area contributed by atoms with Gasteiger partial charge in [0.05, 0.1) is 28.3 Å². The smallest absolute Gasteiger partial charge is 0.178 e. The number of rotatable bonds is 7. The van der Waals surface area contributed by atoms with Crippen LogP contribution in [0.25, 0.3) is 22.6 Å². The van der Waals surface area contributed by atoms with Crippen LogP contribution in [0.1, 0.15) is 26.7 Å². The van der Waals surface area contributed by atoms with Crippen molar-refractivity contribution in [2.24, 2.45) is 0 Å². The van der Waals surface area contributed by atoms with Crippen molar-refractivity contribution in [2.75, 3.05) is 12.4 Å². The zero-order chi connectivity index (χ0) is 17.9. The zero-order valence-corrected chi connectivity index (χ0v) is 15.1. The quantitative estimate of drug-likeness (QED) is 0.697. The average molecular weight is 359 g/mol. The molecule has 0 aliphatic heterocycles. The van der Waals surface area contributed by atoms with Crippen molar-refractivity contribution in [3.05, 3.63) is 36.5 Å². The Balaban J connectivity index is 2.05. The van der Waals surface area contributed by atoms with Gasteiger partial charge in [-0.05, 0) is 43.7 Å². The number of aromatic amines is 1. The number of nitrogens with zero attached hydrogens (tertiary/aromatic N) is 2. The van der Waals surface area contributed by atoms with Crippen molar-refractivity contribution in [1.82, 2.24) is 15.0 Å². The molecular weight excluding hydrogens is 338 g/mol. The van der Waals surface area contributed by atoms with Crippen LogP contribution < -0.4 is 4.74 Å². The Kier molecular flexibility index (Phi) is 5.03. The number of pyridine rings is 1. The van der Waals surface area contributed by atoms with Crippen LogP contribution in [0.2, 0.25) is 0 Å². The molecule has 1 aromatic carbocycles. The van der Waals surface area contributed by atoms with Gasteiger partial charge in [-0.2, -0.15) is 0 Å². The van der Waals surface area contributed by atoms with Crippen LogP contribution in [0.5, 0.6) is 5.75 Å². The van der Waals surface area contributed by atoms with Gasteiger partial charge in [-0.1, -0.05) is 13.3 Å². The second-order valence-corrected chi connectivity index (χ2v) is 7.83. The molecule has 7 heteroatoms. The van der Waals surface area contributed by atoms with Crippen molar-refractivity contribution in [1.29, 1.82) is 0 Å². The fourth-order valence-electron chi connectivity index (χ4n) is 2.59. The van der Waals surface area contributed by atoms with Crippen LogP contribution in [0.4, 0.5) is 0 Å². The molecule has 6 nitrogen and oxygen atoms in total. The lowest BCUT2D eigenvalue weighted by molar-refractivity contribution is 0.340. The molecule has 3 aromatic rings. The van der Waals surface area contributed by atoms with E-state index in [2.05, 4.69) is 15.0 Å². The Morgan fingerprint density at radius 3 is 2.76 bits per heavy atom. The van der Waals surface area contributed by atoms with Gasteiger partial charge in [-0.25, -0.2) is 18.4 Å². The summed E-state index contributed by atoms with van der Waals surface area (Å²) in [6.45, 7) is 4.27. The number of nitrogens with one attached hydrogen (secondary N) is 1. The highest BCUT2D eigenvalue weighted by atomic mass is 32.2. The van der Waals surface area contributed by atoms with Gasteiger partial charge in [0.2, 0.25) is 0 Å². The molecule has 2 aromatic heterocycles. The molecule has 0 saturated carbocycles. The molecule has 2 heterocycles. The van der Waals surface area contributed by atoms with Gasteiger partial charge in [0, 0.05) is 6.20 Å². The molecule has 0 radical (unpaired) electrons. The van der Waals surface area contributed by atoms with Crippen molar-refractivity contribution in [2.45, 2.75) is 31.6 Å². The summed E-state index contributed by atoms with van der Waals surface area (Å²) in [5, 5.41) is 0. The lowest BCUT2D eigenvalue weighted by atomic mass is 10.2. The van der Waals surface area contributed by atoms with Gasteiger partial charge in [0.15, 0.2) is 15.5 Å². The standard InChI is InChI=1S/C18H21N3O3S/c1-3-5-11-25(22,23)13-8-9-14(16(12-13)24-4-2)17-20-15-7-6-10-19-18(15)21-17/h6-10,12H,3-5,11H2,1-2H3,(H,19,20,21). The third-order valence-corrected chi connectivity index (χ3v) is 5.69.